The number of nitrogens with zero attached hydrogens (tertiary/aromatic N) is 1. The maximum atomic E-state index is 13.7. The smallest absolute Gasteiger partial charge is 0.239 e. The molecule has 1 aromatic carbocycles. The summed E-state index contributed by atoms with van der Waals surface area (Å²) in [5.74, 6) is -3.15. The first kappa shape index (κ1) is 24.1. The number of nitrogens with one attached hydrogen (secondary N) is 3. The Labute approximate surface area is 185 Å². The number of hydrogen-bond donors (Lipinski definition) is 4. The number of hydrogen-bond acceptors (Lipinski definition) is 5. The molecule has 0 saturated carbocycles. The molecule has 0 bridgehead atoms. The highest BCUT2D eigenvalue weighted by molar-refractivity contribution is 5.89. The lowest BCUT2D eigenvalue weighted by Gasteiger charge is -2.33. The number of piperazine rings is 1. The van der Waals surface area contributed by atoms with E-state index in [1.54, 1.807) is 4.90 Å². The quantitative estimate of drug-likeness (QED) is 0.447. The summed E-state index contributed by atoms with van der Waals surface area (Å²) in [4.78, 5) is 39.2. The van der Waals surface area contributed by atoms with Crippen LogP contribution < -0.4 is 16.0 Å². The highest BCUT2D eigenvalue weighted by Crippen LogP contribution is 2.22. The number of amides is 3. The van der Waals surface area contributed by atoms with Gasteiger partial charge < -0.3 is 26.0 Å². The summed E-state index contributed by atoms with van der Waals surface area (Å²) in [6.45, 7) is 4.97. The maximum Gasteiger partial charge on any atom is 0.239 e. The minimum absolute atomic E-state index is 0.00657. The van der Waals surface area contributed by atoms with E-state index in [9.17, 15) is 28.3 Å². The van der Waals surface area contributed by atoms with Gasteiger partial charge in [-0.3, -0.25) is 14.4 Å². The first-order valence-corrected chi connectivity index (χ1v) is 10.9. The number of likely N-dealkylation sites (tertiary alicyclic amines) is 1. The largest absolute Gasteiger partial charge is 0.389 e. The molecule has 2 saturated heterocycles. The Morgan fingerprint density at radius 1 is 1.25 bits per heavy atom. The van der Waals surface area contributed by atoms with Crippen LogP contribution >= 0.6 is 0 Å². The first-order valence-electron chi connectivity index (χ1n) is 10.9. The van der Waals surface area contributed by atoms with E-state index in [0.29, 0.717) is 13.1 Å². The number of halogens is 2. The standard InChI is InChI=1S/C22H30F2N4O4/c1-3-12(2)28-11-14(9-18(28)29)21(31)27-17(8-13-6-15(23)10-16(24)7-13)20(30)19-22(32)26-5-4-25-19/h6-7,10,12,14,17,19-20,25,30H,3-5,8-9,11H2,1-2H3,(H,26,32)(H,27,31)/t12-,14?,17-,19-,20-/m0/s1. The number of aliphatic hydroxyl groups is 1. The van der Waals surface area contributed by atoms with Gasteiger partial charge in [-0.1, -0.05) is 6.92 Å². The monoisotopic (exact) mass is 452 g/mol. The average molecular weight is 453 g/mol. The van der Waals surface area contributed by atoms with Gasteiger partial charge in [0.1, 0.15) is 17.7 Å². The molecule has 2 heterocycles. The normalized spacial score (nSPS) is 24.1. The highest BCUT2D eigenvalue weighted by Gasteiger charge is 2.39. The van der Waals surface area contributed by atoms with Crippen LogP contribution in [-0.4, -0.2) is 71.6 Å². The predicted molar refractivity (Wildman–Crippen MR) is 112 cm³/mol. The molecule has 1 unspecified atom stereocenters. The van der Waals surface area contributed by atoms with E-state index < -0.39 is 47.6 Å². The van der Waals surface area contributed by atoms with Crippen molar-refractivity contribution in [2.75, 3.05) is 19.6 Å². The molecule has 2 fully saturated rings. The Morgan fingerprint density at radius 3 is 2.56 bits per heavy atom. The fraction of sp³-hybridized carbons (Fsp3) is 0.591. The van der Waals surface area contributed by atoms with Gasteiger partial charge in [-0.2, -0.15) is 0 Å². The van der Waals surface area contributed by atoms with E-state index in [0.717, 1.165) is 24.6 Å². The summed E-state index contributed by atoms with van der Waals surface area (Å²) in [5.41, 5.74) is 0.229. The second-order valence-corrected chi connectivity index (χ2v) is 8.51. The van der Waals surface area contributed by atoms with Crippen molar-refractivity contribution in [2.45, 2.75) is 57.3 Å². The zero-order chi connectivity index (χ0) is 23.4. The van der Waals surface area contributed by atoms with Crippen molar-refractivity contribution < 1.29 is 28.3 Å². The third-order valence-electron chi connectivity index (χ3n) is 6.18. The zero-order valence-corrected chi connectivity index (χ0v) is 18.2. The Morgan fingerprint density at radius 2 is 1.94 bits per heavy atom. The van der Waals surface area contributed by atoms with Crippen molar-refractivity contribution in [1.82, 2.24) is 20.9 Å². The van der Waals surface area contributed by atoms with Crippen LogP contribution in [0.5, 0.6) is 0 Å². The van der Waals surface area contributed by atoms with Crippen molar-refractivity contribution in [3.63, 3.8) is 0 Å². The summed E-state index contributed by atoms with van der Waals surface area (Å²) < 4.78 is 27.4. The number of carbonyl (C=O) groups is 3. The van der Waals surface area contributed by atoms with Gasteiger partial charge in [0.25, 0.3) is 0 Å². The minimum atomic E-state index is -1.35. The van der Waals surface area contributed by atoms with Crippen LogP contribution in [0.2, 0.25) is 0 Å². The number of aliphatic hydroxyl groups excluding tert-OH is 1. The Kier molecular flexibility index (Phi) is 7.78. The van der Waals surface area contributed by atoms with E-state index >= 15 is 0 Å². The molecule has 8 nitrogen and oxygen atoms in total. The first-order chi connectivity index (χ1) is 15.2. The molecule has 1 aromatic rings. The van der Waals surface area contributed by atoms with Gasteiger partial charge in [-0.05, 0) is 37.5 Å². The zero-order valence-electron chi connectivity index (χ0n) is 18.2. The molecular weight excluding hydrogens is 422 g/mol. The fourth-order valence-electron chi connectivity index (χ4n) is 4.22. The molecule has 5 atom stereocenters. The van der Waals surface area contributed by atoms with E-state index in [1.165, 1.54) is 0 Å². The third kappa shape index (κ3) is 5.60. The van der Waals surface area contributed by atoms with E-state index in [2.05, 4.69) is 16.0 Å². The summed E-state index contributed by atoms with van der Waals surface area (Å²) in [6.07, 6.45) is -0.638. The van der Waals surface area contributed by atoms with Crippen LogP contribution in [0.4, 0.5) is 8.78 Å². The van der Waals surface area contributed by atoms with Crippen molar-refractivity contribution in [3.05, 3.63) is 35.4 Å². The van der Waals surface area contributed by atoms with E-state index in [1.807, 2.05) is 13.8 Å². The molecule has 3 rings (SSSR count). The van der Waals surface area contributed by atoms with Crippen molar-refractivity contribution in [2.24, 2.45) is 5.92 Å². The van der Waals surface area contributed by atoms with Crippen LogP contribution in [0.1, 0.15) is 32.3 Å². The van der Waals surface area contributed by atoms with Gasteiger partial charge in [0.15, 0.2) is 0 Å². The predicted octanol–water partition coefficient (Wildman–Crippen LogP) is 0.0880. The molecule has 10 heteroatoms. The molecule has 2 aliphatic heterocycles. The van der Waals surface area contributed by atoms with Crippen LogP contribution in [0.15, 0.2) is 18.2 Å². The summed E-state index contributed by atoms with van der Waals surface area (Å²) >= 11 is 0. The third-order valence-corrected chi connectivity index (χ3v) is 6.18. The van der Waals surface area contributed by atoms with Crippen LogP contribution in [0.25, 0.3) is 0 Å². The lowest BCUT2D eigenvalue weighted by Crippen LogP contribution is -2.63. The Bertz CT molecular complexity index is 848. The minimum Gasteiger partial charge on any atom is -0.389 e. The molecule has 3 amide bonds. The van der Waals surface area contributed by atoms with Crippen LogP contribution in [0, 0.1) is 17.6 Å². The molecule has 32 heavy (non-hydrogen) atoms. The number of rotatable bonds is 8. The maximum absolute atomic E-state index is 13.7. The second-order valence-electron chi connectivity index (χ2n) is 8.51. The van der Waals surface area contributed by atoms with Gasteiger partial charge in [-0.15, -0.1) is 0 Å². The number of benzene rings is 1. The highest BCUT2D eigenvalue weighted by atomic mass is 19.1. The molecule has 0 aliphatic carbocycles. The second kappa shape index (κ2) is 10.4. The molecule has 0 spiro atoms. The fourth-order valence-corrected chi connectivity index (χ4v) is 4.22. The summed E-state index contributed by atoms with van der Waals surface area (Å²) in [5, 5.41) is 19.2. The van der Waals surface area contributed by atoms with Gasteiger partial charge in [0, 0.05) is 38.2 Å². The van der Waals surface area contributed by atoms with Gasteiger partial charge in [0.2, 0.25) is 17.7 Å². The lowest BCUT2D eigenvalue weighted by atomic mass is 9.94. The molecule has 4 N–H and O–H groups in total. The topological polar surface area (TPSA) is 111 Å². The molecule has 176 valence electrons. The van der Waals surface area contributed by atoms with Gasteiger partial charge >= 0.3 is 0 Å². The lowest BCUT2D eigenvalue weighted by molar-refractivity contribution is -0.131. The molecule has 2 aliphatic rings. The van der Waals surface area contributed by atoms with Gasteiger partial charge in [0.05, 0.1) is 18.1 Å². The molecule has 0 aromatic heterocycles. The number of carbonyl (C=O) groups excluding carboxylic acids is 3. The van der Waals surface area contributed by atoms with Crippen molar-refractivity contribution in [1.29, 1.82) is 0 Å². The Hall–Kier alpha value is -2.59. The molecule has 0 radical (unpaired) electrons. The molecular formula is C22H30F2N4O4. The van der Waals surface area contributed by atoms with Crippen molar-refractivity contribution in [3.8, 4) is 0 Å². The summed E-state index contributed by atoms with van der Waals surface area (Å²) in [7, 11) is 0. The SMILES string of the molecule is CC[C@H](C)N1CC(C(=O)N[C@@H](Cc2cc(F)cc(F)c2)[C@H](O)[C@@H]2NCCNC2=O)CC1=O. The Balaban J connectivity index is 1.78. The van der Waals surface area contributed by atoms with E-state index in [4.69, 9.17) is 0 Å². The summed E-state index contributed by atoms with van der Waals surface area (Å²) in [6, 6.07) is 0.983. The average Bonchev–Trinajstić information content (AvgIpc) is 3.13. The van der Waals surface area contributed by atoms with Crippen LogP contribution in [-0.2, 0) is 20.8 Å². The van der Waals surface area contributed by atoms with Crippen molar-refractivity contribution >= 4 is 17.7 Å². The van der Waals surface area contributed by atoms with E-state index in [-0.39, 0.29) is 36.9 Å². The van der Waals surface area contributed by atoms with Gasteiger partial charge in [-0.25, -0.2) is 8.78 Å². The van der Waals surface area contributed by atoms with Crippen LogP contribution in [0.3, 0.4) is 0 Å².